The van der Waals surface area contributed by atoms with Crippen molar-refractivity contribution in [1.29, 1.82) is 0 Å². The standard InChI is InChI=1S/C17H17ClFN3O2/c1-10-4-2-3-5-12(10)15(22-17(20)24)9-16(23)21-11-6-7-14(19)13(18)8-11/h2-8,15H,9H2,1H3,(H,21,23)(H3,20,22,24). The molecule has 0 aliphatic carbocycles. The van der Waals surface area contributed by atoms with Crippen LogP contribution in [0.5, 0.6) is 0 Å². The molecule has 0 heterocycles. The first-order valence-corrected chi connectivity index (χ1v) is 7.61. The summed E-state index contributed by atoms with van der Waals surface area (Å²) < 4.78 is 13.1. The van der Waals surface area contributed by atoms with E-state index in [1.807, 2.05) is 31.2 Å². The first-order valence-electron chi connectivity index (χ1n) is 7.23. The number of nitrogens with one attached hydrogen (secondary N) is 2. The average molecular weight is 350 g/mol. The summed E-state index contributed by atoms with van der Waals surface area (Å²) in [4.78, 5) is 23.5. The zero-order valence-corrected chi connectivity index (χ0v) is 13.7. The number of hydrogen-bond donors (Lipinski definition) is 3. The number of urea groups is 1. The Balaban J connectivity index is 2.14. The minimum absolute atomic E-state index is 0.0250. The fourth-order valence-corrected chi connectivity index (χ4v) is 2.54. The van der Waals surface area contributed by atoms with Gasteiger partial charge in [0.2, 0.25) is 5.91 Å². The number of halogens is 2. The van der Waals surface area contributed by atoms with Gasteiger partial charge in [-0.15, -0.1) is 0 Å². The van der Waals surface area contributed by atoms with Crippen molar-refractivity contribution in [3.63, 3.8) is 0 Å². The predicted octanol–water partition coefficient (Wildman–Crippen LogP) is 3.53. The SMILES string of the molecule is Cc1ccccc1C(CC(=O)Nc1ccc(F)c(Cl)c1)NC(N)=O. The average Bonchev–Trinajstić information content (AvgIpc) is 2.50. The van der Waals surface area contributed by atoms with Gasteiger partial charge in [0.25, 0.3) is 0 Å². The van der Waals surface area contributed by atoms with Crippen molar-refractivity contribution in [2.24, 2.45) is 5.73 Å². The zero-order chi connectivity index (χ0) is 17.7. The molecule has 1 unspecified atom stereocenters. The summed E-state index contributed by atoms with van der Waals surface area (Å²) in [5, 5.41) is 5.10. The molecule has 2 aromatic carbocycles. The van der Waals surface area contributed by atoms with Crippen LogP contribution >= 0.6 is 11.6 Å². The van der Waals surface area contributed by atoms with Gasteiger partial charge in [-0.2, -0.15) is 0 Å². The lowest BCUT2D eigenvalue weighted by Crippen LogP contribution is -2.35. The molecule has 0 aromatic heterocycles. The van der Waals surface area contributed by atoms with E-state index >= 15 is 0 Å². The Kier molecular flexibility index (Phi) is 5.76. The van der Waals surface area contributed by atoms with E-state index in [0.29, 0.717) is 5.69 Å². The molecule has 0 spiro atoms. The highest BCUT2D eigenvalue weighted by Gasteiger charge is 2.19. The lowest BCUT2D eigenvalue weighted by molar-refractivity contribution is -0.116. The molecule has 0 aliphatic rings. The van der Waals surface area contributed by atoms with Crippen molar-refractivity contribution >= 4 is 29.2 Å². The third-order valence-corrected chi connectivity index (χ3v) is 3.76. The molecule has 2 aromatic rings. The van der Waals surface area contributed by atoms with Crippen molar-refractivity contribution in [3.8, 4) is 0 Å². The molecule has 0 saturated carbocycles. The maximum atomic E-state index is 13.1. The van der Waals surface area contributed by atoms with Crippen LogP contribution in [0.2, 0.25) is 5.02 Å². The summed E-state index contributed by atoms with van der Waals surface area (Å²) in [5.41, 5.74) is 7.29. The minimum atomic E-state index is -0.721. The Morgan fingerprint density at radius 2 is 1.96 bits per heavy atom. The lowest BCUT2D eigenvalue weighted by atomic mass is 9.98. The Morgan fingerprint density at radius 3 is 2.58 bits per heavy atom. The van der Waals surface area contributed by atoms with Gasteiger partial charge < -0.3 is 16.4 Å². The van der Waals surface area contributed by atoms with E-state index in [1.165, 1.54) is 18.2 Å². The number of amides is 3. The predicted molar refractivity (Wildman–Crippen MR) is 91.3 cm³/mol. The molecule has 0 fully saturated rings. The number of carbonyl (C=O) groups excluding carboxylic acids is 2. The van der Waals surface area contributed by atoms with Gasteiger partial charge in [0.15, 0.2) is 0 Å². The Labute approximate surface area is 144 Å². The first-order chi connectivity index (χ1) is 11.4. The number of aryl methyl sites for hydroxylation is 1. The van der Waals surface area contributed by atoms with Crippen LogP contribution in [-0.2, 0) is 4.79 Å². The third-order valence-electron chi connectivity index (χ3n) is 3.47. The molecule has 3 amide bonds. The normalized spacial score (nSPS) is 11.6. The Bertz CT molecular complexity index is 767. The number of primary amides is 1. The molecule has 0 radical (unpaired) electrons. The molecule has 7 heteroatoms. The molecule has 24 heavy (non-hydrogen) atoms. The summed E-state index contributed by atoms with van der Waals surface area (Å²) in [6.07, 6.45) is -0.0250. The quantitative estimate of drug-likeness (QED) is 0.771. The molecule has 0 saturated heterocycles. The van der Waals surface area contributed by atoms with Crippen molar-refractivity contribution in [1.82, 2.24) is 5.32 Å². The van der Waals surface area contributed by atoms with Gasteiger partial charge in [-0.1, -0.05) is 35.9 Å². The first kappa shape index (κ1) is 17.7. The number of benzene rings is 2. The van der Waals surface area contributed by atoms with E-state index in [0.717, 1.165) is 11.1 Å². The van der Waals surface area contributed by atoms with Gasteiger partial charge in [0.05, 0.1) is 17.5 Å². The third kappa shape index (κ3) is 4.70. The van der Waals surface area contributed by atoms with Gasteiger partial charge in [0, 0.05) is 5.69 Å². The maximum Gasteiger partial charge on any atom is 0.312 e. The van der Waals surface area contributed by atoms with Gasteiger partial charge >= 0.3 is 6.03 Å². The summed E-state index contributed by atoms with van der Waals surface area (Å²) in [7, 11) is 0. The largest absolute Gasteiger partial charge is 0.352 e. The van der Waals surface area contributed by atoms with Crippen LogP contribution in [0.1, 0.15) is 23.6 Å². The number of anilines is 1. The minimum Gasteiger partial charge on any atom is -0.352 e. The van der Waals surface area contributed by atoms with Crippen LogP contribution in [0.3, 0.4) is 0 Å². The molecule has 5 nitrogen and oxygen atoms in total. The van der Waals surface area contributed by atoms with E-state index in [9.17, 15) is 14.0 Å². The molecule has 1 atom stereocenters. The van der Waals surface area contributed by atoms with Crippen LogP contribution in [0, 0.1) is 12.7 Å². The van der Waals surface area contributed by atoms with Crippen molar-refractivity contribution < 1.29 is 14.0 Å². The molecule has 0 aliphatic heterocycles. The number of rotatable bonds is 5. The van der Waals surface area contributed by atoms with E-state index in [-0.39, 0.29) is 17.4 Å². The molecule has 2 rings (SSSR count). The topological polar surface area (TPSA) is 84.2 Å². The van der Waals surface area contributed by atoms with E-state index in [4.69, 9.17) is 17.3 Å². The van der Waals surface area contributed by atoms with Crippen LogP contribution in [0.25, 0.3) is 0 Å². The van der Waals surface area contributed by atoms with Crippen LogP contribution < -0.4 is 16.4 Å². The van der Waals surface area contributed by atoms with Crippen molar-refractivity contribution in [2.45, 2.75) is 19.4 Å². The summed E-state index contributed by atoms with van der Waals surface area (Å²) in [6, 6.07) is 9.97. The molecular weight excluding hydrogens is 333 g/mol. The summed E-state index contributed by atoms with van der Waals surface area (Å²) in [6.45, 7) is 1.88. The highest BCUT2D eigenvalue weighted by Crippen LogP contribution is 2.23. The summed E-state index contributed by atoms with van der Waals surface area (Å²) in [5.74, 6) is -0.928. The van der Waals surface area contributed by atoms with Crippen LogP contribution in [-0.4, -0.2) is 11.9 Å². The molecular formula is C17H17ClFN3O2. The van der Waals surface area contributed by atoms with Crippen molar-refractivity contribution in [3.05, 3.63) is 64.4 Å². The zero-order valence-electron chi connectivity index (χ0n) is 13.0. The second kappa shape index (κ2) is 7.79. The highest BCUT2D eigenvalue weighted by molar-refractivity contribution is 6.31. The smallest absolute Gasteiger partial charge is 0.312 e. The van der Waals surface area contributed by atoms with Gasteiger partial charge in [-0.3, -0.25) is 4.79 Å². The van der Waals surface area contributed by atoms with Crippen LogP contribution in [0.15, 0.2) is 42.5 Å². The van der Waals surface area contributed by atoms with Crippen molar-refractivity contribution in [2.75, 3.05) is 5.32 Å². The Hall–Kier alpha value is -2.60. The monoisotopic (exact) mass is 349 g/mol. The highest BCUT2D eigenvalue weighted by atomic mass is 35.5. The second-order valence-corrected chi connectivity index (χ2v) is 5.71. The maximum absolute atomic E-state index is 13.1. The molecule has 126 valence electrons. The number of carbonyl (C=O) groups is 2. The van der Waals surface area contributed by atoms with E-state index in [1.54, 1.807) is 0 Å². The number of nitrogens with two attached hydrogens (primary N) is 1. The lowest BCUT2D eigenvalue weighted by Gasteiger charge is -2.19. The van der Waals surface area contributed by atoms with Crippen LogP contribution in [0.4, 0.5) is 14.9 Å². The summed E-state index contributed by atoms with van der Waals surface area (Å²) >= 11 is 5.69. The second-order valence-electron chi connectivity index (χ2n) is 5.30. The fraction of sp³-hybridized carbons (Fsp3) is 0.176. The van der Waals surface area contributed by atoms with Gasteiger partial charge in [-0.05, 0) is 36.2 Å². The van der Waals surface area contributed by atoms with Gasteiger partial charge in [0.1, 0.15) is 5.82 Å². The molecule has 4 N–H and O–H groups in total. The van der Waals surface area contributed by atoms with E-state index in [2.05, 4.69) is 10.6 Å². The number of hydrogen-bond acceptors (Lipinski definition) is 2. The van der Waals surface area contributed by atoms with Gasteiger partial charge in [-0.25, -0.2) is 9.18 Å². The van der Waals surface area contributed by atoms with E-state index < -0.39 is 17.9 Å². The fourth-order valence-electron chi connectivity index (χ4n) is 2.36. The Morgan fingerprint density at radius 1 is 1.25 bits per heavy atom. The molecule has 0 bridgehead atoms.